The molecule has 0 bridgehead atoms. The van der Waals surface area contributed by atoms with Crippen molar-refractivity contribution in [2.24, 2.45) is 0 Å². The number of aliphatic hydroxyl groups excluding tert-OH is 3. The number of aliphatic hydroxyl groups is 3. The van der Waals surface area contributed by atoms with Gasteiger partial charge in [0.1, 0.15) is 18.3 Å². The normalized spacial score (nSPS) is 31.5. The Morgan fingerprint density at radius 1 is 1.16 bits per heavy atom. The molecule has 1 aromatic rings. The molecule has 0 unspecified atom stereocenters. The SMILES string of the molecule is O=S(=O)(O[C@@H]1O[C@H](CO)[C@@H](O)[C@H]1O)c1ccccc1. The van der Waals surface area contributed by atoms with Gasteiger partial charge in [0.2, 0.25) is 6.29 Å². The molecular weight excluding hydrogens is 276 g/mol. The molecule has 1 aromatic carbocycles. The lowest BCUT2D eigenvalue weighted by Gasteiger charge is -2.15. The van der Waals surface area contributed by atoms with E-state index in [1.165, 1.54) is 24.3 Å². The Morgan fingerprint density at radius 3 is 2.32 bits per heavy atom. The molecule has 0 amide bonds. The molecule has 4 atom stereocenters. The fourth-order valence-electron chi connectivity index (χ4n) is 1.71. The van der Waals surface area contributed by atoms with Crippen LogP contribution in [0.1, 0.15) is 0 Å². The number of ether oxygens (including phenoxy) is 1. The molecule has 1 heterocycles. The van der Waals surface area contributed by atoms with Crippen molar-refractivity contribution in [2.75, 3.05) is 6.61 Å². The van der Waals surface area contributed by atoms with Gasteiger partial charge < -0.3 is 20.1 Å². The van der Waals surface area contributed by atoms with Crippen molar-refractivity contribution in [1.82, 2.24) is 0 Å². The third kappa shape index (κ3) is 2.94. The van der Waals surface area contributed by atoms with Crippen LogP contribution in [-0.2, 0) is 19.0 Å². The molecule has 3 N–H and O–H groups in total. The highest BCUT2D eigenvalue weighted by atomic mass is 32.2. The first kappa shape index (κ1) is 14.4. The minimum absolute atomic E-state index is 0.0901. The molecule has 0 aromatic heterocycles. The van der Waals surface area contributed by atoms with E-state index in [1.807, 2.05) is 0 Å². The molecule has 1 saturated heterocycles. The third-order valence-corrected chi connectivity index (χ3v) is 4.04. The smallest absolute Gasteiger partial charge is 0.299 e. The Bertz CT molecular complexity index is 515. The van der Waals surface area contributed by atoms with Gasteiger partial charge in [-0.05, 0) is 12.1 Å². The molecule has 1 fully saturated rings. The lowest BCUT2D eigenvalue weighted by molar-refractivity contribution is -0.113. The number of rotatable bonds is 4. The molecule has 1 aliphatic rings. The van der Waals surface area contributed by atoms with Crippen molar-refractivity contribution < 1.29 is 32.7 Å². The second-order valence-electron chi connectivity index (χ2n) is 4.07. The van der Waals surface area contributed by atoms with Crippen LogP contribution in [0.2, 0.25) is 0 Å². The minimum Gasteiger partial charge on any atom is -0.394 e. The Hall–Kier alpha value is -1.03. The van der Waals surface area contributed by atoms with Crippen molar-refractivity contribution in [3.8, 4) is 0 Å². The van der Waals surface area contributed by atoms with Crippen molar-refractivity contribution in [3.05, 3.63) is 30.3 Å². The fourth-order valence-corrected chi connectivity index (χ4v) is 2.72. The van der Waals surface area contributed by atoms with Crippen LogP contribution in [0.25, 0.3) is 0 Å². The summed E-state index contributed by atoms with van der Waals surface area (Å²) >= 11 is 0. The Balaban J connectivity index is 2.14. The van der Waals surface area contributed by atoms with E-state index >= 15 is 0 Å². The fraction of sp³-hybridized carbons (Fsp3) is 0.455. The first-order valence-electron chi connectivity index (χ1n) is 5.56. The largest absolute Gasteiger partial charge is 0.394 e. The van der Waals surface area contributed by atoms with Crippen molar-refractivity contribution in [1.29, 1.82) is 0 Å². The zero-order chi connectivity index (χ0) is 14.0. The van der Waals surface area contributed by atoms with Crippen LogP contribution in [-0.4, -0.2) is 54.9 Å². The standard InChI is InChI=1S/C11H14O7S/c12-6-8-9(13)10(14)11(17-8)18-19(15,16)7-4-2-1-3-5-7/h1-5,8-14H,6H2/t8-,9-,10-,11+/m1/s1. The molecular formula is C11H14O7S. The Labute approximate surface area is 110 Å². The summed E-state index contributed by atoms with van der Waals surface area (Å²) in [5, 5.41) is 28.0. The first-order chi connectivity index (χ1) is 8.95. The Morgan fingerprint density at radius 2 is 1.79 bits per heavy atom. The molecule has 1 aliphatic heterocycles. The maximum Gasteiger partial charge on any atom is 0.299 e. The van der Waals surface area contributed by atoms with Gasteiger partial charge in [0.25, 0.3) is 10.1 Å². The van der Waals surface area contributed by atoms with E-state index in [1.54, 1.807) is 6.07 Å². The summed E-state index contributed by atoms with van der Waals surface area (Å²) in [4.78, 5) is -0.0901. The summed E-state index contributed by atoms with van der Waals surface area (Å²) in [7, 11) is -4.11. The summed E-state index contributed by atoms with van der Waals surface area (Å²) < 4.78 is 33.4. The lowest BCUT2D eigenvalue weighted by Crippen LogP contribution is -2.35. The van der Waals surface area contributed by atoms with E-state index in [2.05, 4.69) is 0 Å². The number of hydrogen-bond donors (Lipinski definition) is 3. The monoisotopic (exact) mass is 290 g/mol. The van der Waals surface area contributed by atoms with Crippen LogP contribution < -0.4 is 0 Å². The Kier molecular flexibility index (Phi) is 4.19. The molecule has 8 heteroatoms. The number of benzene rings is 1. The van der Waals surface area contributed by atoms with Gasteiger partial charge >= 0.3 is 0 Å². The van der Waals surface area contributed by atoms with E-state index in [9.17, 15) is 18.6 Å². The maximum absolute atomic E-state index is 11.9. The maximum atomic E-state index is 11.9. The van der Waals surface area contributed by atoms with Crippen molar-refractivity contribution in [3.63, 3.8) is 0 Å². The van der Waals surface area contributed by atoms with Crippen LogP contribution in [0, 0.1) is 0 Å². The summed E-state index contributed by atoms with van der Waals surface area (Å²) in [6.45, 7) is -0.552. The predicted octanol–water partition coefficient (Wildman–Crippen LogP) is -1.17. The second-order valence-corrected chi connectivity index (χ2v) is 5.64. The van der Waals surface area contributed by atoms with Crippen LogP contribution >= 0.6 is 0 Å². The zero-order valence-electron chi connectivity index (χ0n) is 9.79. The van der Waals surface area contributed by atoms with Crippen molar-refractivity contribution in [2.45, 2.75) is 29.5 Å². The van der Waals surface area contributed by atoms with E-state index in [0.29, 0.717) is 0 Å². The summed E-state index contributed by atoms with van der Waals surface area (Å²) in [5.41, 5.74) is 0. The van der Waals surface area contributed by atoms with Gasteiger partial charge in [-0.15, -0.1) is 0 Å². The molecule has 7 nitrogen and oxygen atoms in total. The van der Waals surface area contributed by atoms with E-state index in [-0.39, 0.29) is 4.90 Å². The van der Waals surface area contributed by atoms with Crippen LogP contribution in [0.5, 0.6) is 0 Å². The first-order valence-corrected chi connectivity index (χ1v) is 6.97. The van der Waals surface area contributed by atoms with E-state index < -0.39 is 41.3 Å². The van der Waals surface area contributed by atoms with E-state index in [4.69, 9.17) is 14.0 Å². The third-order valence-electron chi connectivity index (χ3n) is 2.75. The van der Waals surface area contributed by atoms with Gasteiger partial charge in [-0.25, -0.2) is 4.18 Å². The summed E-state index contributed by atoms with van der Waals surface area (Å²) in [5.74, 6) is 0. The summed E-state index contributed by atoms with van der Waals surface area (Å²) in [6.07, 6.45) is -5.57. The predicted molar refractivity (Wildman–Crippen MR) is 62.5 cm³/mol. The number of hydrogen-bond acceptors (Lipinski definition) is 7. The van der Waals surface area contributed by atoms with Crippen LogP contribution in [0.3, 0.4) is 0 Å². The van der Waals surface area contributed by atoms with Gasteiger partial charge in [0.05, 0.1) is 11.5 Å². The molecule has 2 rings (SSSR count). The average molecular weight is 290 g/mol. The van der Waals surface area contributed by atoms with Crippen LogP contribution in [0.4, 0.5) is 0 Å². The molecule has 19 heavy (non-hydrogen) atoms. The van der Waals surface area contributed by atoms with E-state index in [0.717, 1.165) is 0 Å². The van der Waals surface area contributed by atoms with Gasteiger partial charge in [0, 0.05) is 0 Å². The highest BCUT2D eigenvalue weighted by Gasteiger charge is 2.45. The topological polar surface area (TPSA) is 113 Å². The minimum atomic E-state index is -4.11. The molecule has 0 spiro atoms. The highest BCUT2D eigenvalue weighted by molar-refractivity contribution is 7.86. The zero-order valence-corrected chi connectivity index (χ0v) is 10.6. The van der Waals surface area contributed by atoms with Gasteiger partial charge in [-0.2, -0.15) is 8.42 Å². The molecule has 0 aliphatic carbocycles. The second kappa shape index (κ2) is 5.53. The average Bonchev–Trinajstić information content (AvgIpc) is 2.67. The van der Waals surface area contributed by atoms with Gasteiger partial charge in [-0.1, -0.05) is 18.2 Å². The summed E-state index contributed by atoms with van der Waals surface area (Å²) in [6, 6.07) is 7.35. The highest BCUT2D eigenvalue weighted by Crippen LogP contribution is 2.25. The van der Waals surface area contributed by atoms with Crippen LogP contribution in [0.15, 0.2) is 35.2 Å². The van der Waals surface area contributed by atoms with Crippen molar-refractivity contribution >= 4 is 10.1 Å². The molecule has 0 radical (unpaired) electrons. The quantitative estimate of drug-likeness (QED) is 0.599. The molecule has 106 valence electrons. The lowest BCUT2D eigenvalue weighted by atomic mass is 10.1. The molecule has 0 saturated carbocycles. The van der Waals surface area contributed by atoms with Gasteiger partial charge in [0.15, 0.2) is 0 Å². The van der Waals surface area contributed by atoms with Gasteiger partial charge in [-0.3, -0.25) is 0 Å².